The Balaban J connectivity index is 2.61. The maximum Gasteiger partial charge on any atom is 0.335 e. The molecule has 1 aromatic carbocycles. The lowest BCUT2D eigenvalue weighted by Gasteiger charge is -2.09. The molecule has 0 radical (unpaired) electrons. The predicted octanol–water partition coefficient (Wildman–Crippen LogP) is 1.19. The van der Waals surface area contributed by atoms with E-state index in [9.17, 15) is 14.7 Å². The first kappa shape index (κ1) is 14.2. The molecule has 0 aromatic heterocycles. The standard InChI is InChI=1S/C13H16O5/c1-3-18-13(16)12(15)8-11(14)9-4-6-10(17-2)7-5-9/h4-7,12,15H,3,8H2,1-2H3/t12-/m0/s1. The minimum atomic E-state index is -1.42. The maximum absolute atomic E-state index is 11.8. The van der Waals surface area contributed by atoms with Crippen molar-refractivity contribution in [2.24, 2.45) is 0 Å². The fourth-order valence-corrected chi connectivity index (χ4v) is 1.39. The molecule has 0 spiro atoms. The maximum atomic E-state index is 11.8. The van der Waals surface area contributed by atoms with Crippen LogP contribution in [0, 0.1) is 0 Å². The van der Waals surface area contributed by atoms with Gasteiger partial charge in [-0.3, -0.25) is 4.79 Å². The van der Waals surface area contributed by atoms with E-state index in [2.05, 4.69) is 4.74 Å². The van der Waals surface area contributed by atoms with Crippen LogP contribution in [0.15, 0.2) is 24.3 Å². The number of hydrogen-bond acceptors (Lipinski definition) is 5. The van der Waals surface area contributed by atoms with E-state index >= 15 is 0 Å². The number of hydrogen-bond donors (Lipinski definition) is 1. The van der Waals surface area contributed by atoms with Crippen molar-refractivity contribution in [3.05, 3.63) is 29.8 Å². The van der Waals surface area contributed by atoms with Gasteiger partial charge in [-0.2, -0.15) is 0 Å². The third kappa shape index (κ3) is 3.85. The highest BCUT2D eigenvalue weighted by Crippen LogP contribution is 2.13. The molecule has 0 saturated heterocycles. The van der Waals surface area contributed by atoms with Crippen molar-refractivity contribution >= 4 is 11.8 Å². The number of carbonyl (C=O) groups is 2. The van der Waals surface area contributed by atoms with E-state index in [1.165, 1.54) is 7.11 Å². The van der Waals surface area contributed by atoms with Gasteiger partial charge in [0.1, 0.15) is 5.75 Å². The summed E-state index contributed by atoms with van der Waals surface area (Å²) in [5.74, 6) is -0.463. The van der Waals surface area contributed by atoms with Gasteiger partial charge in [0.05, 0.1) is 13.7 Å². The van der Waals surface area contributed by atoms with E-state index in [0.717, 1.165) is 0 Å². The molecule has 0 saturated carbocycles. The van der Waals surface area contributed by atoms with Gasteiger partial charge in [-0.1, -0.05) is 0 Å². The lowest BCUT2D eigenvalue weighted by atomic mass is 10.1. The molecule has 0 aliphatic carbocycles. The second kappa shape index (κ2) is 6.76. The Bertz CT molecular complexity index is 410. The zero-order valence-corrected chi connectivity index (χ0v) is 10.4. The van der Waals surface area contributed by atoms with Crippen molar-refractivity contribution in [3.8, 4) is 5.75 Å². The van der Waals surface area contributed by atoms with Gasteiger partial charge in [0, 0.05) is 12.0 Å². The molecule has 1 atom stereocenters. The molecule has 98 valence electrons. The van der Waals surface area contributed by atoms with Crippen LogP contribution in [-0.2, 0) is 9.53 Å². The Morgan fingerprint density at radius 1 is 1.28 bits per heavy atom. The van der Waals surface area contributed by atoms with E-state index in [-0.39, 0.29) is 18.8 Å². The molecule has 1 N–H and O–H groups in total. The molecule has 5 heteroatoms. The minimum absolute atomic E-state index is 0.173. The SMILES string of the molecule is CCOC(=O)[C@@H](O)CC(=O)c1ccc(OC)cc1. The zero-order chi connectivity index (χ0) is 13.5. The first-order chi connectivity index (χ1) is 8.58. The number of aliphatic hydroxyl groups excluding tert-OH is 1. The monoisotopic (exact) mass is 252 g/mol. The number of ether oxygens (including phenoxy) is 2. The highest BCUT2D eigenvalue weighted by Gasteiger charge is 2.20. The number of benzene rings is 1. The number of Topliss-reactive ketones (excluding diaryl/α,β-unsaturated/α-hetero) is 1. The first-order valence-electron chi connectivity index (χ1n) is 5.60. The molecule has 0 aliphatic rings. The van der Waals surface area contributed by atoms with E-state index in [0.29, 0.717) is 11.3 Å². The van der Waals surface area contributed by atoms with Crippen molar-refractivity contribution in [2.45, 2.75) is 19.4 Å². The molecule has 0 heterocycles. The van der Waals surface area contributed by atoms with Crippen molar-refractivity contribution in [1.82, 2.24) is 0 Å². The van der Waals surface area contributed by atoms with Gasteiger partial charge >= 0.3 is 5.97 Å². The molecule has 1 rings (SSSR count). The average Bonchev–Trinajstić information content (AvgIpc) is 2.39. The summed E-state index contributed by atoms with van der Waals surface area (Å²) < 4.78 is 9.58. The predicted molar refractivity (Wildman–Crippen MR) is 64.6 cm³/mol. The topological polar surface area (TPSA) is 72.8 Å². The van der Waals surface area contributed by atoms with Gasteiger partial charge in [-0.15, -0.1) is 0 Å². The van der Waals surface area contributed by atoms with Crippen LogP contribution in [0.3, 0.4) is 0 Å². The quantitative estimate of drug-likeness (QED) is 0.608. The van der Waals surface area contributed by atoms with Crippen LogP contribution < -0.4 is 4.74 Å². The Morgan fingerprint density at radius 3 is 2.39 bits per heavy atom. The van der Waals surface area contributed by atoms with E-state index in [1.807, 2.05) is 0 Å². The Labute approximate surface area is 105 Å². The summed E-state index contributed by atoms with van der Waals surface area (Å²) in [6, 6.07) is 6.45. The lowest BCUT2D eigenvalue weighted by Crippen LogP contribution is -2.26. The van der Waals surface area contributed by atoms with Gasteiger partial charge < -0.3 is 14.6 Å². The average molecular weight is 252 g/mol. The van der Waals surface area contributed by atoms with Gasteiger partial charge in [-0.05, 0) is 31.2 Å². The largest absolute Gasteiger partial charge is 0.497 e. The number of ketones is 1. The summed E-state index contributed by atoms with van der Waals surface area (Å²) in [6.45, 7) is 1.81. The molecular weight excluding hydrogens is 236 g/mol. The van der Waals surface area contributed by atoms with E-state index in [1.54, 1.807) is 31.2 Å². The van der Waals surface area contributed by atoms with Crippen LogP contribution in [0.25, 0.3) is 0 Å². The summed E-state index contributed by atoms with van der Waals surface area (Å²) in [5, 5.41) is 9.46. The van der Waals surface area contributed by atoms with Gasteiger partial charge in [0.25, 0.3) is 0 Å². The van der Waals surface area contributed by atoms with Gasteiger partial charge in [0.2, 0.25) is 0 Å². The highest BCUT2D eigenvalue weighted by molar-refractivity contribution is 5.98. The number of methoxy groups -OCH3 is 1. The normalized spacial score (nSPS) is 11.7. The lowest BCUT2D eigenvalue weighted by molar-refractivity contribution is -0.152. The number of esters is 1. The van der Waals surface area contributed by atoms with Crippen LogP contribution in [-0.4, -0.2) is 36.7 Å². The van der Waals surface area contributed by atoms with Crippen LogP contribution in [0.1, 0.15) is 23.7 Å². The molecular formula is C13H16O5. The molecule has 18 heavy (non-hydrogen) atoms. The van der Waals surface area contributed by atoms with E-state index < -0.39 is 12.1 Å². The molecule has 0 aliphatic heterocycles. The third-order valence-electron chi connectivity index (χ3n) is 2.35. The van der Waals surface area contributed by atoms with Crippen molar-refractivity contribution in [2.75, 3.05) is 13.7 Å². The van der Waals surface area contributed by atoms with E-state index in [4.69, 9.17) is 4.74 Å². The fourth-order valence-electron chi connectivity index (χ4n) is 1.39. The second-order valence-corrected chi connectivity index (χ2v) is 3.62. The molecule has 0 unspecified atom stereocenters. The number of carbonyl (C=O) groups excluding carboxylic acids is 2. The molecule has 5 nitrogen and oxygen atoms in total. The first-order valence-corrected chi connectivity index (χ1v) is 5.60. The van der Waals surface area contributed by atoms with Crippen LogP contribution in [0.5, 0.6) is 5.75 Å². The van der Waals surface area contributed by atoms with Crippen molar-refractivity contribution < 1.29 is 24.2 Å². The zero-order valence-electron chi connectivity index (χ0n) is 10.4. The van der Waals surface area contributed by atoms with Crippen molar-refractivity contribution in [1.29, 1.82) is 0 Å². The third-order valence-corrected chi connectivity index (χ3v) is 2.35. The van der Waals surface area contributed by atoms with Gasteiger partial charge in [0.15, 0.2) is 11.9 Å². The summed E-state index contributed by atoms with van der Waals surface area (Å²) in [6.07, 6.45) is -1.70. The summed E-state index contributed by atoms with van der Waals surface area (Å²) >= 11 is 0. The van der Waals surface area contributed by atoms with Crippen LogP contribution in [0.4, 0.5) is 0 Å². The van der Waals surface area contributed by atoms with Crippen LogP contribution in [0.2, 0.25) is 0 Å². The minimum Gasteiger partial charge on any atom is -0.497 e. The Morgan fingerprint density at radius 2 is 1.89 bits per heavy atom. The molecule has 0 amide bonds. The smallest absolute Gasteiger partial charge is 0.335 e. The van der Waals surface area contributed by atoms with Crippen LogP contribution >= 0.6 is 0 Å². The Kier molecular flexibility index (Phi) is 5.32. The number of aliphatic hydroxyl groups is 1. The van der Waals surface area contributed by atoms with Gasteiger partial charge in [-0.25, -0.2) is 4.79 Å². The van der Waals surface area contributed by atoms with Crippen molar-refractivity contribution in [3.63, 3.8) is 0 Å². The second-order valence-electron chi connectivity index (χ2n) is 3.62. The number of rotatable bonds is 6. The molecule has 0 fully saturated rings. The molecule has 1 aromatic rings. The summed E-state index contributed by atoms with van der Waals surface area (Å²) in [7, 11) is 1.53. The highest BCUT2D eigenvalue weighted by atomic mass is 16.5. The fraction of sp³-hybridized carbons (Fsp3) is 0.385. The Hall–Kier alpha value is -1.88. The molecule has 0 bridgehead atoms. The summed E-state index contributed by atoms with van der Waals surface area (Å²) in [5.41, 5.74) is 0.416. The summed E-state index contributed by atoms with van der Waals surface area (Å²) in [4.78, 5) is 22.9.